The lowest BCUT2D eigenvalue weighted by Gasteiger charge is -2.10. The third-order valence-electron chi connectivity index (χ3n) is 2.17. The molecule has 6 heteroatoms. The van der Waals surface area contributed by atoms with Gasteiger partial charge in [-0.05, 0) is 6.42 Å². The maximum absolute atomic E-state index is 11.8. The van der Waals surface area contributed by atoms with Crippen LogP contribution < -0.4 is 10.6 Å². The fourth-order valence-corrected chi connectivity index (χ4v) is 1.38. The predicted octanol–water partition coefficient (Wildman–Crippen LogP) is -0.255. The Morgan fingerprint density at radius 1 is 1.71 bits per heavy atom. The van der Waals surface area contributed by atoms with Crippen LogP contribution in [0.25, 0.3) is 0 Å². The smallest absolute Gasteiger partial charge is 0.255 e. The van der Waals surface area contributed by atoms with Gasteiger partial charge < -0.3 is 15.4 Å². The highest BCUT2D eigenvalue weighted by atomic mass is 19.3. The van der Waals surface area contributed by atoms with Crippen LogP contribution in [0.4, 0.5) is 8.78 Å². The number of hydrogen-bond donors (Lipinski definition) is 2. The SMILES string of the molecule is COC1CNC(C(=O)NCC(F)F)C1. The molecule has 0 aliphatic carbocycles. The average molecular weight is 208 g/mol. The molecule has 14 heavy (non-hydrogen) atoms. The van der Waals surface area contributed by atoms with Gasteiger partial charge in [0.15, 0.2) is 0 Å². The molecule has 2 atom stereocenters. The molecule has 1 aliphatic heterocycles. The van der Waals surface area contributed by atoms with Gasteiger partial charge in [-0.15, -0.1) is 0 Å². The molecule has 0 bridgehead atoms. The summed E-state index contributed by atoms with van der Waals surface area (Å²) in [5.74, 6) is -0.384. The van der Waals surface area contributed by atoms with Crippen molar-refractivity contribution >= 4 is 5.91 Å². The Morgan fingerprint density at radius 3 is 2.93 bits per heavy atom. The minimum absolute atomic E-state index is 0.00250. The molecule has 82 valence electrons. The molecule has 0 spiro atoms. The van der Waals surface area contributed by atoms with Crippen LogP contribution in [0.5, 0.6) is 0 Å². The van der Waals surface area contributed by atoms with Crippen LogP contribution in [0.2, 0.25) is 0 Å². The van der Waals surface area contributed by atoms with Gasteiger partial charge in [-0.2, -0.15) is 0 Å². The standard InChI is InChI=1S/C8H14F2N2O2/c1-14-5-2-6(11-3-5)8(13)12-4-7(9)10/h5-7,11H,2-4H2,1H3,(H,12,13). The number of rotatable bonds is 4. The van der Waals surface area contributed by atoms with E-state index in [1.807, 2.05) is 0 Å². The zero-order valence-electron chi connectivity index (χ0n) is 7.93. The number of hydrogen-bond acceptors (Lipinski definition) is 3. The first kappa shape index (κ1) is 11.3. The van der Waals surface area contributed by atoms with Gasteiger partial charge in [0.2, 0.25) is 5.91 Å². The van der Waals surface area contributed by atoms with Gasteiger partial charge in [-0.3, -0.25) is 4.79 Å². The van der Waals surface area contributed by atoms with E-state index < -0.39 is 19.0 Å². The van der Waals surface area contributed by atoms with E-state index in [1.165, 1.54) is 0 Å². The number of alkyl halides is 2. The second kappa shape index (κ2) is 5.21. The highest BCUT2D eigenvalue weighted by Gasteiger charge is 2.29. The first-order valence-corrected chi connectivity index (χ1v) is 4.45. The van der Waals surface area contributed by atoms with Gasteiger partial charge in [-0.1, -0.05) is 0 Å². The van der Waals surface area contributed by atoms with Crippen LogP contribution in [-0.4, -0.2) is 44.7 Å². The van der Waals surface area contributed by atoms with Crippen LogP contribution in [0, 0.1) is 0 Å². The first-order valence-electron chi connectivity index (χ1n) is 4.45. The summed E-state index contributed by atoms with van der Waals surface area (Å²) < 4.78 is 28.6. The monoisotopic (exact) mass is 208 g/mol. The van der Waals surface area contributed by atoms with Crippen molar-refractivity contribution in [2.24, 2.45) is 0 Å². The zero-order valence-corrected chi connectivity index (χ0v) is 7.93. The fraction of sp³-hybridized carbons (Fsp3) is 0.875. The van der Waals surface area contributed by atoms with E-state index in [0.717, 1.165) is 0 Å². The van der Waals surface area contributed by atoms with Crippen LogP contribution in [0.15, 0.2) is 0 Å². The lowest BCUT2D eigenvalue weighted by atomic mass is 10.2. The molecule has 1 heterocycles. The molecule has 1 saturated heterocycles. The normalized spacial score (nSPS) is 26.9. The molecular formula is C8H14F2N2O2. The molecule has 0 radical (unpaired) electrons. The summed E-state index contributed by atoms with van der Waals surface area (Å²) in [4.78, 5) is 11.2. The summed E-state index contributed by atoms with van der Waals surface area (Å²) in [6.07, 6.45) is -1.97. The molecule has 0 aromatic heterocycles. The molecule has 1 fully saturated rings. The molecule has 2 N–H and O–H groups in total. The Morgan fingerprint density at radius 2 is 2.43 bits per heavy atom. The molecule has 0 saturated carbocycles. The van der Waals surface area contributed by atoms with E-state index in [1.54, 1.807) is 7.11 Å². The Hall–Kier alpha value is -0.750. The van der Waals surface area contributed by atoms with Crippen molar-refractivity contribution < 1.29 is 18.3 Å². The van der Waals surface area contributed by atoms with Crippen LogP contribution in [0.3, 0.4) is 0 Å². The van der Waals surface area contributed by atoms with Gasteiger partial charge >= 0.3 is 0 Å². The maximum atomic E-state index is 11.8. The van der Waals surface area contributed by atoms with Crippen LogP contribution in [-0.2, 0) is 9.53 Å². The summed E-state index contributed by atoms with van der Waals surface area (Å²) in [5, 5.41) is 5.06. The Balaban J connectivity index is 2.25. The average Bonchev–Trinajstić information content (AvgIpc) is 2.62. The molecule has 1 aliphatic rings. The van der Waals surface area contributed by atoms with Crippen molar-refractivity contribution in [1.82, 2.24) is 10.6 Å². The Bertz CT molecular complexity index is 202. The highest BCUT2D eigenvalue weighted by Crippen LogP contribution is 2.09. The number of halogens is 2. The summed E-state index contributed by atoms with van der Waals surface area (Å²) in [7, 11) is 1.56. The summed E-state index contributed by atoms with van der Waals surface area (Å²) in [6.45, 7) is -0.00206. The Kier molecular flexibility index (Phi) is 4.21. The van der Waals surface area contributed by atoms with Crippen molar-refractivity contribution in [2.75, 3.05) is 20.2 Å². The largest absolute Gasteiger partial charge is 0.380 e. The molecule has 0 aromatic carbocycles. The Labute approximate surface area is 81.0 Å². The number of carbonyl (C=O) groups is 1. The number of nitrogens with one attached hydrogen (secondary N) is 2. The quantitative estimate of drug-likeness (QED) is 0.669. The molecular weight excluding hydrogens is 194 g/mol. The topological polar surface area (TPSA) is 50.4 Å². The molecule has 2 unspecified atom stereocenters. The lowest BCUT2D eigenvalue weighted by molar-refractivity contribution is -0.123. The van der Waals surface area contributed by atoms with Gasteiger partial charge in [0.05, 0.1) is 18.7 Å². The van der Waals surface area contributed by atoms with E-state index in [4.69, 9.17) is 4.74 Å². The molecule has 4 nitrogen and oxygen atoms in total. The van der Waals surface area contributed by atoms with Crippen molar-refractivity contribution in [3.8, 4) is 0 Å². The van der Waals surface area contributed by atoms with E-state index in [-0.39, 0.29) is 12.0 Å². The number of methoxy groups -OCH3 is 1. The number of ether oxygens (including phenoxy) is 1. The highest BCUT2D eigenvalue weighted by molar-refractivity contribution is 5.82. The van der Waals surface area contributed by atoms with E-state index in [2.05, 4.69) is 10.6 Å². The zero-order chi connectivity index (χ0) is 10.6. The van der Waals surface area contributed by atoms with E-state index in [0.29, 0.717) is 13.0 Å². The summed E-state index contributed by atoms with van der Waals surface area (Å²) >= 11 is 0. The van der Waals surface area contributed by atoms with Crippen LogP contribution in [0.1, 0.15) is 6.42 Å². The van der Waals surface area contributed by atoms with E-state index >= 15 is 0 Å². The van der Waals surface area contributed by atoms with Crippen LogP contribution >= 0.6 is 0 Å². The molecule has 1 rings (SSSR count). The van der Waals surface area contributed by atoms with Gasteiger partial charge in [0, 0.05) is 13.7 Å². The minimum Gasteiger partial charge on any atom is -0.380 e. The van der Waals surface area contributed by atoms with Gasteiger partial charge in [0.1, 0.15) is 0 Å². The van der Waals surface area contributed by atoms with Crippen molar-refractivity contribution in [3.05, 3.63) is 0 Å². The van der Waals surface area contributed by atoms with Gasteiger partial charge in [0.25, 0.3) is 6.43 Å². The minimum atomic E-state index is -2.50. The fourth-order valence-electron chi connectivity index (χ4n) is 1.38. The van der Waals surface area contributed by atoms with E-state index in [9.17, 15) is 13.6 Å². The summed E-state index contributed by atoms with van der Waals surface area (Å²) in [6, 6.07) is -0.404. The van der Waals surface area contributed by atoms with Crippen molar-refractivity contribution in [1.29, 1.82) is 0 Å². The van der Waals surface area contributed by atoms with Crippen molar-refractivity contribution in [2.45, 2.75) is 25.0 Å². The van der Waals surface area contributed by atoms with Gasteiger partial charge in [-0.25, -0.2) is 8.78 Å². The van der Waals surface area contributed by atoms with Crippen molar-refractivity contribution in [3.63, 3.8) is 0 Å². The second-order valence-corrected chi connectivity index (χ2v) is 3.19. The predicted molar refractivity (Wildman–Crippen MR) is 46.2 cm³/mol. The number of carbonyl (C=O) groups excluding carboxylic acids is 1. The molecule has 0 aromatic rings. The maximum Gasteiger partial charge on any atom is 0.255 e. The summed E-state index contributed by atoms with van der Waals surface area (Å²) in [5.41, 5.74) is 0. The first-order chi connectivity index (χ1) is 6.63. The third kappa shape index (κ3) is 3.19. The number of amides is 1. The second-order valence-electron chi connectivity index (χ2n) is 3.19. The molecule has 1 amide bonds. The third-order valence-corrected chi connectivity index (χ3v) is 2.17. The lowest BCUT2D eigenvalue weighted by Crippen LogP contribution is -2.42.